The zero-order valence-electron chi connectivity index (χ0n) is 27.6. The Morgan fingerprint density at radius 2 is 1.61 bits per heavy atom. The Morgan fingerprint density at radius 3 is 2.28 bits per heavy atom. The van der Waals surface area contributed by atoms with Crippen molar-refractivity contribution in [2.24, 2.45) is 0 Å². The highest BCUT2D eigenvalue weighted by molar-refractivity contribution is 7.14. The number of piperazine rings is 1. The third-order valence-electron chi connectivity index (χ3n) is 9.52. The number of methoxy groups -OCH3 is 1. The highest BCUT2D eigenvalue weighted by Gasteiger charge is 2.42. The zero-order valence-corrected chi connectivity index (χ0v) is 28.4. The number of unbranched alkanes of at least 4 members (excludes halogenated alkanes) is 4. The molecule has 1 saturated heterocycles. The molecular formula is C38H48FN3O3S. The number of thiophene rings is 1. The van der Waals surface area contributed by atoms with Crippen LogP contribution in [0.3, 0.4) is 0 Å². The predicted molar refractivity (Wildman–Crippen MR) is 189 cm³/mol. The topological polar surface area (TPSA) is 54.8 Å². The Labute approximate surface area is 276 Å². The number of hydrogen-bond acceptors (Lipinski definition) is 6. The van der Waals surface area contributed by atoms with E-state index in [4.69, 9.17) is 4.74 Å². The molecule has 0 spiro atoms. The van der Waals surface area contributed by atoms with Crippen LogP contribution in [-0.4, -0.2) is 55.3 Å². The van der Waals surface area contributed by atoms with Crippen LogP contribution in [-0.2, 0) is 21.5 Å². The fraction of sp³-hybridized carbons (Fsp3) is 0.474. The smallest absolute Gasteiger partial charge is 0.332 e. The normalized spacial score (nSPS) is 14.2. The summed E-state index contributed by atoms with van der Waals surface area (Å²) in [5, 5.41) is 3.09. The van der Waals surface area contributed by atoms with Gasteiger partial charge in [0.05, 0.1) is 12.6 Å². The van der Waals surface area contributed by atoms with Crippen LogP contribution in [0.1, 0.15) is 70.8 Å². The molecule has 2 aromatic carbocycles. The number of fused-ring (bicyclic) bond motifs is 1. The fourth-order valence-electron chi connectivity index (χ4n) is 6.86. The van der Waals surface area contributed by atoms with E-state index in [0.29, 0.717) is 18.4 Å². The lowest BCUT2D eigenvalue weighted by Gasteiger charge is -2.36. The van der Waals surface area contributed by atoms with Gasteiger partial charge < -0.3 is 9.64 Å². The van der Waals surface area contributed by atoms with Gasteiger partial charge in [0, 0.05) is 60.3 Å². The van der Waals surface area contributed by atoms with Crippen LogP contribution in [0.4, 0.5) is 10.1 Å². The number of carbonyl (C=O) groups excluding carboxylic acids is 1. The van der Waals surface area contributed by atoms with E-state index in [2.05, 4.69) is 53.3 Å². The van der Waals surface area contributed by atoms with Crippen molar-refractivity contribution in [1.29, 1.82) is 0 Å². The van der Waals surface area contributed by atoms with Gasteiger partial charge in [-0.3, -0.25) is 14.3 Å². The molecule has 8 heteroatoms. The summed E-state index contributed by atoms with van der Waals surface area (Å²) in [6.07, 6.45) is 7.85. The molecule has 1 aliphatic heterocycles. The number of halogens is 1. The van der Waals surface area contributed by atoms with Gasteiger partial charge in [-0.2, -0.15) is 0 Å². The average Bonchev–Trinajstić information content (AvgIpc) is 3.57. The summed E-state index contributed by atoms with van der Waals surface area (Å²) in [7, 11) is 1.44. The summed E-state index contributed by atoms with van der Waals surface area (Å²) in [5.41, 5.74) is 2.62. The fourth-order valence-corrected chi connectivity index (χ4v) is 7.80. The lowest BCUT2D eigenvalue weighted by Crippen LogP contribution is -2.48. The van der Waals surface area contributed by atoms with Crippen LogP contribution >= 0.6 is 11.3 Å². The minimum Gasteiger partial charge on any atom is -0.467 e. The highest BCUT2D eigenvalue weighted by Crippen LogP contribution is 2.35. The van der Waals surface area contributed by atoms with E-state index in [1.807, 2.05) is 18.2 Å². The van der Waals surface area contributed by atoms with Crippen LogP contribution in [0.5, 0.6) is 0 Å². The molecule has 0 aliphatic carbocycles. The summed E-state index contributed by atoms with van der Waals surface area (Å²) in [5.74, 6) is -0.500. The maximum Gasteiger partial charge on any atom is 0.332 e. The Kier molecular flexibility index (Phi) is 11.7. The minimum absolute atomic E-state index is 0.147. The van der Waals surface area contributed by atoms with Crippen LogP contribution < -0.4 is 10.5 Å². The summed E-state index contributed by atoms with van der Waals surface area (Å²) in [6, 6.07) is 18.9. The first-order valence-electron chi connectivity index (χ1n) is 16.9. The standard InChI is InChI=1S/C38H48FN3O3S/c1-4-6-10-19-38(37(44)45-3,20-11-7-5-2)42-34-26-29(14-15-30(34)16-17-36(42)43)18-21-40-22-24-41(25-23-40)31-27-35(46-28-31)32-12-8-9-13-33(32)39/h8-9,12-17,26-28H,4-7,10-11,18-25H2,1-3H3. The average molecular weight is 646 g/mol. The molecule has 0 atom stereocenters. The van der Waals surface area contributed by atoms with Crippen molar-refractivity contribution in [2.45, 2.75) is 77.2 Å². The first kappa shape index (κ1) is 33.9. The minimum atomic E-state index is -1.02. The number of ether oxygens (including phenoxy) is 1. The Morgan fingerprint density at radius 1 is 0.913 bits per heavy atom. The molecule has 1 aliphatic rings. The van der Waals surface area contributed by atoms with Crippen molar-refractivity contribution < 1.29 is 13.9 Å². The first-order valence-corrected chi connectivity index (χ1v) is 17.8. The predicted octanol–water partition coefficient (Wildman–Crippen LogP) is 8.26. The number of benzene rings is 2. The van der Waals surface area contributed by atoms with E-state index in [0.717, 1.165) is 105 Å². The van der Waals surface area contributed by atoms with Gasteiger partial charge in [0.25, 0.3) is 5.56 Å². The third-order valence-corrected chi connectivity index (χ3v) is 10.5. The first-order chi connectivity index (χ1) is 22.4. The SMILES string of the molecule is CCCCCC(CCCCC)(C(=O)OC)n1c(=O)ccc2ccc(CCN3CCN(c4csc(-c5ccccc5F)c4)CC3)cc21. The Bertz CT molecular complexity index is 1650. The molecule has 4 aromatic rings. The number of esters is 1. The number of nitrogens with zero attached hydrogens (tertiary/aromatic N) is 3. The monoisotopic (exact) mass is 645 g/mol. The van der Waals surface area contributed by atoms with E-state index in [1.54, 1.807) is 28.0 Å². The molecule has 6 nitrogen and oxygen atoms in total. The van der Waals surface area contributed by atoms with E-state index in [9.17, 15) is 14.0 Å². The van der Waals surface area contributed by atoms with Crippen LogP contribution in [0, 0.1) is 5.82 Å². The van der Waals surface area contributed by atoms with Crippen molar-refractivity contribution >= 4 is 33.9 Å². The van der Waals surface area contributed by atoms with Crippen LogP contribution in [0.2, 0.25) is 0 Å². The van der Waals surface area contributed by atoms with Crippen molar-refractivity contribution in [3.63, 3.8) is 0 Å². The summed E-state index contributed by atoms with van der Waals surface area (Å²) in [4.78, 5) is 33.1. The molecule has 0 unspecified atom stereocenters. The molecule has 1 fully saturated rings. The zero-order chi connectivity index (χ0) is 32.5. The maximum absolute atomic E-state index is 14.3. The van der Waals surface area contributed by atoms with Gasteiger partial charge in [0.2, 0.25) is 0 Å². The van der Waals surface area contributed by atoms with Crippen molar-refractivity contribution in [2.75, 3.05) is 44.7 Å². The summed E-state index contributed by atoms with van der Waals surface area (Å²) >= 11 is 1.59. The molecule has 246 valence electrons. The number of aromatic nitrogens is 1. The number of rotatable bonds is 15. The largest absolute Gasteiger partial charge is 0.467 e. The van der Waals surface area contributed by atoms with Gasteiger partial charge >= 0.3 is 5.97 Å². The second-order valence-corrected chi connectivity index (χ2v) is 13.5. The Balaban J connectivity index is 1.31. The van der Waals surface area contributed by atoms with Gasteiger partial charge in [0.15, 0.2) is 0 Å². The van der Waals surface area contributed by atoms with E-state index in [-0.39, 0.29) is 17.3 Å². The van der Waals surface area contributed by atoms with Crippen LogP contribution in [0.15, 0.2) is 70.8 Å². The van der Waals surface area contributed by atoms with E-state index in [1.165, 1.54) is 13.2 Å². The third kappa shape index (κ3) is 7.55. The van der Waals surface area contributed by atoms with Crippen LogP contribution in [0.25, 0.3) is 21.3 Å². The second kappa shape index (κ2) is 15.9. The highest BCUT2D eigenvalue weighted by atomic mass is 32.1. The quantitative estimate of drug-likeness (QED) is 0.0963. The van der Waals surface area contributed by atoms with E-state index < -0.39 is 5.54 Å². The molecule has 0 bridgehead atoms. The number of hydrogen-bond donors (Lipinski definition) is 0. The van der Waals surface area contributed by atoms with Gasteiger partial charge in [-0.15, -0.1) is 11.3 Å². The molecule has 3 heterocycles. The molecule has 5 rings (SSSR count). The van der Waals surface area contributed by atoms with Gasteiger partial charge in [0.1, 0.15) is 11.4 Å². The van der Waals surface area contributed by atoms with Gasteiger partial charge in [-0.05, 0) is 54.5 Å². The second-order valence-electron chi connectivity index (χ2n) is 12.6. The number of carbonyl (C=O) groups is 1. The molecule has 0 saturated carbocycles. The molecule has 0 amide bonds. The summed E-state index contributed by atoms with van der Waals surface area (Å²) in [6.45, 7) is 8.95. The molecule has 2 aromatic heterocycles. The number of anilines is 1. The summed E-state index contributed by atoms with van der Waals surface area (Å²) < 4.78 is 21.5. The lowest BCUT2D eigenvalue weighted by atomic mass is 9.85. The maximum atomic E-state index is 14.3. The molecule has 46 heavy (non-hydrogen) atoms. The molecule has 0 N–H and O–H groups in total. The van der Waals surface area contributed by atoms with Gasteiger partial charge in [-0.1, -0.05) is 82.7 Å². The van der Waals surface area contributed by atoms with Crippen molar-refractivity contribution in [1.82, 2.24) is 9.47 Å². The Hall–Kier alpha value is -3.49. The van der Waals surface area contributed by atoms with Crippen molar-refractivity contribution in [3.8, 4) is 10.4 Å². The number of pyridine rings is 1. The van der Waals surface area contributed by atoms with E-state index >= 15 is 0 Å². The molecule has 0 radical (unpaired) electrons. The van der Waals surface area contributed by atoms with Crippen molar-refractivity contribution in [3.05, 3.63) is 87.8 Å². The molecular weight excluding hydrogens is 598 g/mol. The van der Waals surface area contributed by atoms with Gasteiger partial charge in [-0.25, -0.2) is 9.18 Å². The lowest BCUT2D eigenvalue weighted by molar-refractivity contribution is -0.152.